The smallest absolute Gasteiger partial charge is 0.261 e. The van der Waals surface area contributed by atoms with Gasteiger partial charge in [-0.25, -0.2) is 0 Å². The van der Waals surface area contributed by atoms with Crippen molar-refractivity contribution in [2.75, 3.05) is 20.3 Å². The van der Waals surface area contributed by atoms with Gasteiger partial charge in [-0.05, 0) is 86.6 Å². The molecule has 1 N–H and O–H groups in total. The predicted octanol–water partition coefficient (Wildman–Crippen LogP) is 7.65. The molecule has 216 valence electrons. The molecule has 0 radical (unpaired) electrons. The Bertz CT molecular complexity index is 1370. The number of benzene rings is 3. The lowest BCUT2D eigenvalue weighted by Gasteiger charge is -2.43. The lowest BCUT2D eigenvalue weighted by Crippen LogP contribution is -2.66. The number of methoxy groups -OCH3 is 1. The van der Waals surface area contributed by atoms with Crippen molar-refractivity contribution in [3.05, 3.63) is 111 Å². The minimum atomic E-state index is -2.65. The van der Waals surface area contributed by atoms with Crippen LogP contribution < -0.4 is 15.1 Å². The molecule has 1 aliphatic rings. The Labute approximate surface area is 260 Å². The molecule has 41 heavy (non-hydrogen) atoms. The lowest BCUT2D eigenvalue weighted by molar-refractivity contribution is 0.116. The van der Waals surface area contributed by atoms with Gasteiger partial charge in [0.15, 0.2) is 11.5 Å². The van der Waals surface area contributed by atoms with Crippen LogP contribution in [0.15, 0.2) is 102 Å². The maximum absolute atomic E-state index is 10.2. The maximum atomic E-state index is 10.2. The zero-order chi connectivity index (χ0) is 29.6. The Hall–Kier alpha value is -2.65. The van der Waals surface area contributed by atoms with Crippen molar-refractivity contribution in [1.29, 1.82) is 0 Å². The zero-order valence-corrected chi connectivity index (χ0v) is 27.9. The van der Waals surface area contributed by atoms with Crippen LogP contribution in [0.5, 0.6) is 11.5 Å². The number of rotatable bonds is 11. The molecule has 4 nitrogen and oxygen atoms in total. The molecule has 0 fully saturated rings. The first kappa shape index (κ1) is 31.3. The fourth-order valence-electron chi connectivity index (χ4n) is 5.67. The van der Waals surface area contributed by atoms with Crippen molar-refractivity contribution in [3.8, 4) is 11.5 Å². The average Bonchev–Trinajstić information content (AvgIpc) is 3.43. The normalized spacial score (nSPS) is 16.0. The number of phenolic OH excluding ortho intramolecular Hbond substituents is 1. The number of hydrogen-bond donors (Lipinski definition) is 1. The Kier molecular flexibility index (Phi) is 10.3. The molecule has 0 saturated heterocycles. The third kappa shape index (κ3) is 7.05. The van der Waals surface area contributed by atoms with E-state index in [1.165, 1.54) is 15.9 Å². The highest BCUT2D eigenvalue weighted by Crippen LogP contribution is 2.38. The van der Waals surface area contributed by atoms with E-state index in [4.69, 9.17) is 13.9 Å². The van der Waals surface area contributed by atoms with Crippen LogP contribution in [0.4, 0.5) is 0 Å². The standard InChI is InChI=1S/C35H41IO4Si/c1-25(21-27-22-31(36)34(37)33(23-27)38-6)17-18-32-30(19-20-39-32)26(2)24-40-41(35(3,4)5,28-13-9-7-10-14-28)29-15-11-8-12-16-29/h7-16,19,21-23,32,37H,2,17-18,20,24H2,1,3-6H3/b25-21+. The second-order valence-corrected chi connectivity index (χ2v) is 17.1. The van der Waals surface area contributed by atoms with Crippen LogP contribution in [0.25, 0.3) is 6.08 Å². The molecule has 0 aromatic heterocycles. The van der Waals surface area contributed by atoms with Gasteiger partial charge in [-0.3, -0.25) is 0 Å². The molecule has 1 unspecified atom stereocenters. The average molecular weight is 681 g/mol. The van der Waals surface area contributed by atoms with Crippen LogP contribution in [-0.4, -0.2) is 39.9 Å². The Morgan fingerprint density at radius 2 is 1.68 bits per heavy atom. The fraction of sp³-hybridized carbons (Fsp3) is 0.314. The van der Waals surface area contributed by atoms with Gasteiger partial charge in [-0.15, -0.1) is 0 Å². The summed E-state index contributed by atoms with van der Waals surface area (Å²) < 4.78 is 19.4. The predicted molar refractivity (Wildman–Crippen MR) is 181 cm³/mol. The van der Waals surface area contributed by atoms with Gasteiger partial charge in [-0.2, -0.15) is 0 Å². The zero-order valence-electron chi connectivity index (χ0n) is 24.7. The van der Waals surface area contributed by atoms with E-state index >= 15 is 0 Å². The molecule has 3 aromatic carbocycles. The second kappa shape index (κ2) is 13.5. The fourth-order valence-corrected chi connectivity index (χ4v) is 10.8. The highest BCUT2D eigenvalue weighted by Gasteiger charge is 2.50. The minimum Gasteiger partial charge on any atom is -0.504 e. The van der Waals surface area contributed by atoms with E-state index in [9.17, 15) is 5.11 Å². The van der Waals surface area contributed by atoms with Crippen molar-refractivity contribution < 1.29 is 19.0 Å². The molecule has 1 aliphatic heterocycles. The van der Waals surface area contributed by atoms with Gasteiger partial charge in [0.25, 0.3) is 8.32 Å². The number of allylic oxidation sites excluding steroid dienone is 1. The minimum absolute atomic E-state index is 0.0110. The Morgan fingerprint density at radius 1 is 1.07 bits per heavy atom. The van der Waals surface area contributed by atoms with E-state index in [0.717, 1.165) is 33.1 Å². The molecule has 1 atom stereocenters. The van der Waals surface area contributed by atoms with Crippen molar-refractivity contribution in [3.63, 3.8) is 0 Å². The van der Waals surface area contributed by atoms with E-state index in [-0.39, 0.29) is 16.9 Å². The number of aromatic hydroxyl groups is 1. The van der Waals surface area contributed by atoms with Crippen molar-refractivity contribution in [2.45, 2.75) is 51.7 Å². The SMILES string of the molecule is C=C(CO[Si](c1ccccc1)(c1ccccc1)C(C)(C)C)C1=CCOC1CC/C(C)=C/c1cc(I)c(O)c(OC)c1. The highest BCUT2D eigenvalue weighted by atomic mass is 127. The molecule has 6 heteroatoms. The first-order valence-corrected chi connectivity index (χ1v) is 17.0. The van der Waals surface area contributed by atoms with Crippen molar-refractivity contribution in [2.24, 2.45) is 0 Å². The van der Waals surface area contributed by atoms with Crippen molar-refractivity contribution >= 4 is 47.4 Å². The first-order chi connectivity index (χ1) is 19.6. The van der Waals surface area contributed by atoms with E-state index in [2.05, 4.69) is 130 Å². The molecule has 0 aliphatic carbocycles. The third-order valence-corrected chi connectivity index (χ3v) is 13.5. The number of hydrogen-bond acceptors (Lipinski definition) is 4. The van der Waals surface area contributed by atoms with E-state index in [0.29, 0.717) is 19.0 Å². The summed E-state index contributed by atoms with van der Waals surface area (Å²) in [5, 5.41) is 12.6. The Morgan fingerprint density at radius 3 is 2.24 bits per heavy atom. The maximum Gasteiger partial charge on any atom is 0.261 e. The summed E-state index contributed by atoms with van der Waals surface area (Å²) in [6.45, 7) is 14.5. The third-order valence-electron chi connectivity index (χ3n) is 7.72. The summed E-state index contributed by atoms with van der Waals surface area (Å²) in [6.07, 6.45) is 6.03. The topological polar surface area (TPSA) is 47.9 Å². The van der Waals surface area contributed by atoms with Gasteiger partial charge in [0.1, 0.15) is 0 Å². The summed E-state index contributed by atoms with van der Waals surface area (Å²) in [5.74, 6) is 0.660. The summed E-state index contributed by atoms with van der Waals surface area (Å²) in [4.78, 5) is 0. The summed E-state index contributed by atoms with van der Waals surface area (Å²) in [5.41, 5.74) is 4.38. The summed E-state index contributed by atoms with van der Waals surface area (Å²) >= 11 is 2.13. The largest absolute Gasteiger partial charge is 0.504 e. The molecule has 0 spiro atoms. The van der Waals surface area contributed by atoms with Gasteiger partial charge in [-0.1, -0.05) is 106 Å². The summed E-state index contributed by atoms with van der Waals surface area (Å²) in [6, 6.07) is 25.3. The van der Waals surface area contributed by atoms with Gasteiger partial charge >= 0.3 is 0 Å². The lowest BCUT2D eigenvalue weighted by atomic mass is 9.97. The van der Waals surface area contributed by atoms with Crippen LogP contribution in [0.3, 0.4) is 0 Å². The molecular weight excluding hydrogens is 639 g/mol. The second-order valence-electron chi connectivity index (χ2n) is 11.6. The summed E-state index contributed by atoms with van der Waals surface area (Å²) in [7, 11) is -1.08. The van der Waals surface area contributed by atoms with E-state index < -0.39 is 8.32 Å². The van der Waals surface area contributed by atoms with Crippen LogP contribution in [0, 0.1) is 3.57 Å². The molecule has 0 bridgehead atoms. The van der Waals surface area contributed by atoms with Crippen LogP contribution in [-0.2, 0) is 9.16 Å². The van der Waals surface area contributed by atoms with E-state index in [1.54, 1.807) is 7.11 Å². The Balaban J connectivity index is 1.49. The van der Waals surface area contributed by atoms with Crippen LogP contribution >= 0.6 is 22.6 Å². The molecule has 0 saturated carbocycles. The molecule has 0 amide bonds. The van der Waals surface area contributed by atoms with Gasteiger partial charge < -0.3 is 19.0 Å². The van der Waals surface area contributed by atoms with Crippen LogP contribution in [0.1, 0.15) is 46.1 Å². The highest BCUT2D eigenvalue weighted by molar-refractivity contribution is 14.1. The first-order valence-electron chi connectivity index (χ1n) is 14.1. The number of halogens is 1. The monoisotopic (exact) mass is 680 g/mol. The molecule has 1 heterocycles. The molecule has 4 rings (SSSR count). The number of phenols is 1. The van der Waals surface area contributed by atoms with Gasteiger partial charge in [0.05, 0.1) is 30.0 Å². The van der Waals surface area contributed by atoms with Gasteiger partial charge in [0, 0.05) is 0 Å². The molecule has 3 aromatic rings. The molecular formula is C35H41IO4Si. The van der Waals surface area contributed by atoms with Gasteiger partial charge in [0.2, 0.25) is 0 Å². The quantitative estimate of drug-likeness (QED) is 0.167. The number of ether oxygens (including phenoxy) is 2. The van der Waals surface area contributed by atoms with Crippen LogP contribution in [0.2, 0.25) is 5.04 Å². The van der Waals surface area contributed by atoms with Crippen molar-refractivity contribution in [1.82, 2.24) is 0 Å². The van der Waals surface area contributed by atoms with E-state index in [1.807, 2.05) is 12.1 Å².